The second-order valence-electron chi connectivity index (χ2n) is 5.45. The Kier molecular flexibility index (Phi) is 5.35. The van der Waals surface area contributed by atoms with E-state index in [4.69, 9.17) is 5.73 Å². The Labute approximate surface area is 126 Å². The first-order chi connectivity index (χ1) is 9.36. The van der Waals surface area contributed by atoms with Gasteiger partial charge in [0.1, 0.15) is 0 Å². The summed E-state index contributed by atoms with van der Waals surface area (Å²) in [4.78, 5) is 7.05. The van der Waals surface area contributed by atoms with Crippen molar-refractivity contribution in [2.75, 3.05) is 19.6 Å². The fourth-order valence-electron chi connectivity index (χ4n) is 2.92. The molecule has 2 N–H and O–H groups in total. The lowest BCUT2D eigenvalue weighted by Crippen LogP contribution is -2.35. The molecule has 0 spiro atoms. The van der Waals surface area contributed by atoms with Gasteiger partial charge in [0.15, 0.2) is 0 Å². The van der Waals surface area contributed by atoms with E-state index in [2.05, 4.69) is 34.1 Å². The fraction of sp³-hybridized carbons (Fsp3) is 0.438. The van der Waals surface area contributed by atoms with Gasteiger partial charge < -0.3 is 5.73 Å². The third kappa shape index (κ3) is 3.29. The molecule has 1 aliphatic rings. The molecule has 4 heteroatoms. The van der Waals surface area contributed by atoms with Crippen molar-refractivity contribution in [1.29, 1.82) is 0 Å². The summed E-state index contributed by atoms with van der Waals surface area (Å²) in [5.41, 5.74) is 8.23. The predicted molar refractivity (Wildman–Crippen MR) is 86.0 cm³/mol. The molecule has 0 radical (unpaired) electrons. The normalized spacial score (nSPS) is 17.1. The molecule has 3 rings (SSSR count). The molecule has 1 saturated heterocycles. The number of nitrogens with two attached hydrogens (primary N) is 1. The van der Waals surface area contributed by atoms with Gasteiger partial charge in [-0.15, -0.1) is 12.4 Å². The Morgan fingerprint density at radius 1 is 1.15 bits per heavy atom. The van der Waals surface area contributed by atoms with Gasteiger partial charge in [-0.1, -0.05) is 24.3 Å². The lowest BCUT2D eigenvalue weighted by Gasteiger charge is -2.31. The van der Waals surface area contributed by atoms with Crippen molar-refractivity contribution in [2.45, 2.75) is 19.4 Å². The highest BCUT2D eigenvalue weighted by atomic mass is 35.5. The second kappa shape index (κ2) is 7.02. The number of rotatable bonds is 3. The molecular formula is C16H22ClN3. The van der Waals surface area contributed by atoms with E-state index in [1.165, 1.54) is 23.8 Å². The van der Waals surface area contributed by atoms with Crippen LogP contribution in [0.2, 0.25) is 0 Å². The van der Waals surface area contributed by atoms with Gasteiger partial charge in [-0.05, 0) is 50.0 Å². The lowest BCUT2D eigenvalue weighted by molar-refractivity contribution is 0.181. The Hall–Kier alpha value is -1.16. The number of piperidine rings is 1. The number of nitrogens with zero attached hydrogens (tertiary/aromatic N) is 2. The number of para-hydroxylation sites is 1. The maximum atomic E-state index is 5.75. The third-order valence-electron chi connectivity index (χ3n) is 4.15. The van der Waals surface area contributed by atoms with Crippen LogP contribution in [0.4, 0.5) is 0 Å². The highest BCUT2D eigenvalue weighted by molar-refractivity contribution is 5.85. The van der Waals surface area contributed by atoms with E-state index in [1.54, 1.807) is 0 Å². The summed E-state index contributed by atoms with van der Waals surface area (Å²) < 4.78 is 0. The summed E-state index contributed by atoms with van der Waals surface area (Å²) in [5.74, 6) is 0.724. The number of aromatic nitrogens is 1. The zero-order valence-electron chi connectivity index (χ0n) is 11.7. The number of likely N-dealkylation sites (tertiary alicyclic amines) is 1. The molecular weight excluding hydrogens is 270 g/mol. The first kappa shape index (κ1) is 15.2. The van der Waals surface area contributed by atoms with Crippen LogP contribution >= 0.6 is 12.4 Å². The molecule has 1 fully saturated rings. The third-order valence-corrected chi connectivity index (χ3v) is 4.15. The molecule has 20 heavy (non-hydrogen) atoms. The van der Waals surface area contributed by atoms with Crippen LogP contribution in [0, 0.1) is 5.92 Å². The first-order valence-corrected chi connectivity index (χ1v) is 7.12. The summed E-state index contributed by atoms with van der Waals surface area (Å²) in [6.45, 7) is 4.16. The molecule has 0 amide bonds. The van der Waals surface area contributed by atoms with Crippen molar-refractivity contribution in [3.63, 3.8) is 0 Å². The van der Waals surface area contributed by atoms with Crippen LogP contribution in [0.3, 0.4) is 0 Å². The summed E-state index contributed by atoms with van der Waals surface area (Å²) in [5, 5.41) is 1.23. The number of pyridine rings is 1. The largest absolute Gasteiger partial charge is 0.330 e. The summed E-state index contributed by atoms with van der Waals surface area (Å²) in [7, 11) is 0. The summed E-state index contributed by atoms with van der Waals surface area (Å²) in [6, 6.07) is 10.6. The van der Waals surface area contributed by atoms with E-state index in [0.29, 0.717) is 0 Å². The highest BCUT2D eigenvalue weighted by Gasteiger charge is 2.18. The van der Waals surface area contributed by atoms with Crippen LogP contribution in [0.15, 0.2) is 36.5 Å². The van der Waals surface area contributed by atoms with Crippen LogP contribution in [-0.4, -0.2) is 29.5 Å². The fourth-order valence-corrected chi connectivity index (χ4v) is 2.92. The van der Waals surface area contributed by atoms with Crippen molar-refractivity contribution < 1.29 is 0 Å². The molecule has 0 unspecified atom stereocenters. The Morgan fingerprint density at radius 2 is 1.90 bits per heavy atom. The van der Waals surface area contributed by atoms with Crippen molar-refractivity contribution in [1.82, 2.24) is 9.88 Å². The molecule has 2 aromatic rings. The maximum Gasteiger partial charge on any atom is 0.0746 e. The molecule has 1 aromatic carbocycles. The molecule has 0 atom stereocenters. The van der Waals surface area contributed by atoms with Crippen molar-refractivity contribution in [3.05, 3.63) is 42.1 Å². The van der Waals surface area contributed by atoms with Gasteiger partial charge in [-0.3, -0.25) is 9.88 Å². The molecule has 3 nitrogen and oxygen atoms in total. The lowest BCUT2D eigenvalue weighted by atomic mass is 9.96. The molecule has 2 heterocycles. The van der Waals surface area contributed by atoms with E-state index in [9.17, 15) is 0 Å². The van der Waals surface area contributed by atoms with E-state index in [1.807, 2.05) is 12.3 Å². The van der Waals surface area contributed by atoms with E-state index in [0.717, 1.165) is 37.6 Å². The topological polar surface area (TPSA) is 42.1 Å². The van der Waals surface area contributed by atoms with Crippen LogP contribution in [0.1, 0.15) is 18.4 Å². The number of hydrogen-bond donors (Lipinski definition) is 1. The van der Waals surface area contributed by atoms with Crippen molar-refractivity contribution in [3.8, 4) is 0 Å². The van der Waals surface area contributed by atoms with Gasteiger partial charge in [-0.2, -0.15) is 0 Å². The average Bonchev–Trinajstić information content (AvgIpc) is 2.48. The van der Waals surface area contributed by atoms with Gasteiger partial charge in [-0.25, -0.2) is 0 Å². The maximum absolute atomic E-state index is 5.75. The van der Waals surface area contributed by atoms with Gasteiger partial charge in [0.05, 0.1) is 5.52 Å². The SMILES string of the molecule is Cl.NCC1CCN(Cc2cccc3cccnc23)CC1. The minimum Gasteiger partial charge on any atom is -0.330 e. The van der Waals surface area contributed by atoms with Gasteiger partial charge in [0.2, 0.25) is 0 Å². The van der Waals surface area contributed by atoms with Crippen LogP contribution in [0.5, 0.6) is 0 Å². The minimum atomic E-state index is 0. The average molecular weight is 292 g/mol. The predicted octanol–water partition coefficient (Wildman–Crippen LogP) is 2.83. The van der Waals surface area contributed by atoms with E-state index < -0.39 is 0 Å². The second-order valence-corrected chi connectivity index (χ2v) is 5.45. The van der Waals surface area contributed by atoms with Gasteiger partial charge in [0, 0.05) is 18.1 Å². The zero-order valence-corrected chi connectivity index (χ0v) is 12.5. The smallest absolute Gasteiger partial charge is 0.0746 e. The summed E-state index contributed by atoms with van der Waals surface area (Å²) in [6.07, 6.45) is 4.34. The Morgan fingerprint density at radius 3 is 2.65 bits per heavy atom. The number of fused-ring (bicyclic) bond motifs is 1. The molecule has 0 saturated carbocycles. The van der Waals surface area contributed by atoms with Gasteiger partial charge >= 0.3 is 0 Å². The van der Waals surface area contributed by atoms with Crippen molar-refractivity contribution in [2.24, 2.45) is 11.7 Å². The standard InChI is InChI=1S/C16H21N3.ClH/c17-11-13-6-9-19(10-7-13)12-15-4-1-3-14-5-2-8-18-16(14)15;/h1-5,8,13H,6-7,9-12,17H2;1H. The Balaban J connectivity index is 0.00000147. The molecule has 1 aliphatic heterocycles. The molecule has 0 bridgehead atoms. The Bertz CT molecular complexity index is 545. The minimum absolute atomic E-state index is 0. The highest BCUT2D eigenvalue weighted by Crippen LogP contribution is 2.21. The monoisotopic (exact) mass is 291 g/mol. The van der Waals surface area contributed by atoms with Crippen LogP contribution in [-0.2, 0) is 6.54 Å². The van der Waals surface area contributed by atoms with Crippen LogP contribution < -0.4 is 5.73 Å². The van der Waals surface area contributed by atoms with Crippen LogP contribution in [0.25, 0.3) is 10.9 Å². The molecule has 108 valence electrons. The quantitative estimate of drug-likeness (QED) is 0.945. The number of hydrogen-bond acceptors (Lipinski definition) is 3. The number of halogens is 1. The zero-order chi connectivity index (χ0) is 13.1. The van der Waals surface area contributed by atoms with E-state index >= 15 is 0 Å². The molecule has 0 aliphatic carbocycles. The van der Waals surface area contributed by atoms with Crippen molar-refractivity contribution >= 4 is 23.3 Å². The molecule has 1 aromatic heterocycles. The summed E-state index contributed by atoms with van der Waals surface area (Å²) >= 11 is 0. The number of benzene rings is 1. The first-order valence-electron chi connectivity index (χ1n) is 7.12. The van der Waals surface area contributed by atoms with E-state index in [-0.39, 0.29) is 12.4 Å². The van der Waals surface area contributed by atoms with Gasteiger partial charge in [0.25, 0.3) is 0 Å².